The number of amides is 1. The molecule has 0 aromatic heterocycles. The number of benzene rings is 1. The van der Waals surface area contributed by atoms with E-state index in [2.05, 4.69) is 5.32 Å². The number of rotatable bonds is 6. The Bertz CT molecular complexity index is 432. The SMILES string of the molecule is O=C(CCSc1ccc(F)cc1)NCC1(O)CCC1. The lowest BCUT2D eigenvalue weighted by Crippen LogP contribution is -2.47. The van der Waals surface area contributed by atoms with Crippen LogP contribution in [-0.2, 0) is 4.79 Å². The molecule has 0 bridgehead atoms. The molecule has 1 amide bonds. The average Bonchev–Trinajstić information content (AvgIpc) is 2.36. The molecule has 1 aromatic carbocycles. The summed E-state index contributed by atoms with van der Waals surface area (Å²) in [4.78, 5) is 12.5. The number of halogens is 1. The van der Waals surface area contributed by atoms with Crippen LogP contribution in [0.3, 0.4) is 0 Å². The molecule has 0 radical (unpaired) electrons. The van der Waals surface area contributed by atoms with Crippen LogP contribution in [0.2, 0.25) is 0 Å². The van der Waals surface area contributed by atoms with Crippen LogP contribution in [0.4, 0.5) is 4.39 Å². The Hall–Kier alpha value is -1.07. The molecule has 3 nitrogen and oxygen atoms in total. The minimum absolute atomic E-state index is 0.0464. The van der Waals surface area contributed by atoms with Crippen LogP contribution in [0.1, 0.15) is 25.7 Å². The van der Waals surface area contributed by atoms with Crippen molar-refractivity contribution in [3.63, 3.8) is 0 Å². The van der Waals surface area contributed by atoms with E-state index in [0.29, 0.717) is 18.7 Å². The Labute approximate surface area is 116 Å². The van der Waals surface area contributed by atoms with Gasteiger partial charge in [-0.15, -0.1) is 11.8 Å². The first kappa shape index (κ1) is 14.3. The first-order valence-corrected chi connectivity index (χ1v) is 7.43. The number of thioether (sulfide) groups is 1. The topological polar surface area (TPSA) is 49.3 Å². The molecule has 5 heteroatoms. The van der Waals surface area contributed by atoms with E-state index in [1.807, 2.05) is 0 Å². The lowest BCUT2D eigenvalue weighted by Gasteiger charge is -2.36. The number of aliphatic hydroxyl groups is 1. The van der Waals surface area contributed by atoms with Crippen molar-refractivity contribution < 1.29 is 14.3 Å². The third kappa shape index (κ3) is 4.51. The Balaban J connectivity index is 1.62. The standard InChI is InChI=1S/C14H18FNO2S/c15-11-2-4-12(5-3-11)19-9-6-13(17)16-10-14(18)7-1-8-14/h2-5,18H,1,6-10H2,(H,16,17). The van der Waals surface area contributed by atoms with Crippen molar-refractivity contribution in [2.24, 2.45) is 0 Å². The lowest BCUT2D eigenvalue weighted by molar-refractivity contribution is -0.123. The molecule has 0 heterocycles. The van der Waals surface area contributed by atoms with Crippen molar-refractivity contribution in [2.45, 2.75) is 36.2 Å². The summed E-state index contributed by atoms with van der Waals surface area (Å²) in [5.41, 5.74) is -0.667. The van der Waals surface area contributed by atoms with Crippen LogP contribution in [0.25, 0.3) is 0 Å². The minimum Gasteiger partial charge on any atom is -0.388 e. The minimum atomic E-state index is -0.667. The van der Waals surface area contributed by atoms with E-state index < -0.39 is 5.60 Å². The molecule has 2 rings (SSSR count). The predicted molar refractivity (Wildman–Crippen MR) is 73.6 cm³/mol. The molecule has 1 aliphatic carbocycles. The summed E-state index contributed by atoms with van der Waals surface area (Å²) in [6, 6.07) is 6.23. The lowest BCUT2D eigenvalue weighted by atomic mass is 9.80. The molecule has 0 aliphatic heterocycles. The zero-order valence-electron chi connectivity index (χ0n) is 10.7. The fraction of sp³-hybridized carbons (Fsp3) is 0.500. The molecule has 0 unspecified atom stereocenters. The highest BCUT2D eigenvalue weighted by Crippen LogP contribution is 2.30. The molecule has 104 valence electrons. The van der Waals surface area contributed by atoms with Crippen molar-refractivity contribution in [1.29, 1.82) is 0 Å². The monoisotopic (exact) mass is 283 g/mol. The molecule has 1 aromatic rings. The maximum Gasteiger partial charge on any atom is 0.220 e. The second-order valence-corrected chi connectivity index (χ2v) is 6.08. The average molecular weight is 283 g/mol. The summed E-state index contributed by atoms with van der Waals surface area (Å²) in [6.45, 7) is 0.354. The zero-order chi connectivity index (χ0) is 13.7. The van der Waals surface area contributed by atoms with Gasteiger partial charge in [0.15, 0.2) is 0 Å². The van der Waals surface area contributed by atoms with Crippen LogP contribution in [-0.4, -0.2) is 28.9 Å². The maximum atomic E-state index is 12.7. The summed E-state index contributed by atoms with van der Waals surface area (Å²) in [6.07, 6.45) is 2.99. The summed E-state index contributed by atoms with van der Waals surface area (Å²) in [5.74, 6) is 0.348. The van der Waals surface area contributed by atoms with Crippen molar-refractivity contribution in [2.75, 3.05) is 12.3 Å². The first-order chi connectivity index (χ1) is 9.07. The van der Waals surface area contributed by atoms with Gasteiger partial charge in [-0.25, -0.2) is 4.39 Å². The van der Waals surface area contributed by atoms with Gasteiger partial charge in [0.2, 0.25) is 5.91 Å². The highest BCUT2D eigenvalue weighted by Gasteiger charge is 2.34. The number of hydrogen-bond donors (Lipinski definition) is 2. The second kappa shape index (κ2) is 6.39. The Morgan fingerprint density at radius 1 is 1.37 bits per heavy atom. The number of nitrogens with one attached hydrogen (secondary N) is 1. The van der Waals surface area contributed by atoms with Gasteiger partial charge in [-0.05, 0) is 43.5 Å². The van der Waals surface area contributed by atoms with Gasteiger partial charge >= 0.3 is 0 Å². The van der Waals surface area contributed by atoms with Gasteiger partial charge in [0, 0.05) is 23.6 Å². The largest absolute Gasteiger partial charge is 0.388 e. The zero-order valence-corrected chi connectivity index (χ0v) is 11.5. The molecule has 2 N–H and O–H groups in total. The van der Waals surface area contributed by atoms with Gasteiger partial charge in [-0.2, -0.15) is 0 Å². The van der Waals surface area contributed by atoms with E-state index in [1.165, 1.54) is 23.9 Å². The van der Waals surface area contributed by atoms with E-state index in [-0.39, 0.29) is 11.7 Å². The summed E-state index contributed by atoms with van der Waals surface area (Å²) in [5, 5.41) is 12.6. The molecular formula is C14H18FNO2S. The maximum absolute atomic E-state index is 12.7. The molecule has 0 spiro atoms. The summed E-state index contributed by atoms with van der Waals surface area (Å²) in [7, 11) is 0. The first-order valence-electron chi connectivity index (χ1n) is 6.45. The van der Waals surface area contributed by atoms with Gasteiger partial charge in [-0.1, -0.05) is 0 Å². The number of hydrogen-bond acceptors (Lipinski definition) is 3. The fourth-order valence-corrected chi connectivity index (χ4v) is 2.76. The molecule has 1 fully saturated rings. The molecule has 19 heavy (non-hydrogen) atoms. The normalized spacial score (nSPS) is 16.7. The highest BCUT2D eigenvalue weighted by atomic mass is 32.2. The highest BCUT2D eigenvalue weighted by molar-refractivity contribution is 7.99. The van der Waals surface area contributed by atoms with Gasteiger partial charge in [0.05, 0.1) is 5.60 Å². The van der Waals surface area contributed by atoms with Gasteiger partial charge in [0.1, 0.15) is 5.82 Å². The second-order valence-electron chi connectivity index (χ2n) is 4.91. The third-order valence-corrected chi connectivity index (χ3v) is 4.32. The Kier molecular flexibility index (Phi) is 4.82. The van der Waals surface area contributed by atoms with E-state index in [1.54, 1.807) is 12.1 Å². The van der Waals surface area contributed by atoms with Crippen molar-refractivity contribution in [1.82, 2.24) is 5.32 Å². The number of carbonyl (C=O) groups excluding carboxylic acids is 1. The van der Waals surface area contributed by atoms with Gasteiger partial charge in [-0.3, -0.25) is 4.79 Å². The fourth-order valence-electron chi connectivity index (χ4n) is 1.91. The molecule has 0 saturated heterocycles. The van der Waals surface area contributed by atoms with Crippen molar-refractivity contribution in [3.8, 4) is 0 Å². The summed E-state index contributed by atoms with van der Waals surface area (Å²) >= 11 is 1.52. The predicted octanol–water partition coefficient (Wildman–Crippen LogP) is 2.34. The quantitative estimate of drug-likeness (QED) is 0.788. The van der Waals surface area contributed by atoms with E-state index in [0.717, 1.165) is 24.2 Å². The Morgan fingerprint density at radius 3 is 2.63 bits per heavy atom. The Morgan fingerprint density at radius 2 is 2.05 bits per heavy atom. The van der Waals surface area contributed by atoms with Crippen LogP contribution in [0, 0.1) is 5.82 Å². The van der Waals surface area contributed by atoms with Crippen LogP contribution in [0.15, 0.2) is 29.2 Å². The van der Waals surface area contributed by atoms with Crippen molar-refractivity contribution >= 4 is 17.7 Å². The van der Waals surface area contributed by atoms with E-state index >= 15 is 0 Å². The summed E-state index contributed by atoms with van der Waals surface area (Å²) < 4.78 is 12.7. The van der Waals surface area contributed by atoms with Crippen LogP contribution < -0.4 is 5.32 Å². The van der Waals surface area contributed by atoms with E-state index in [4.69, 9.17) is 0 Å². The van der Waals surface area contributed by atoms with Crippen molar-refractivity contribution in [3.05, 3.63) is 30.1 Å². The van der Waals surface area contributed by atoms with Crippen LogP contribution in [0.5, 0.6) is 0 Å². The molecule has 0 atom stereocenters. The van der Waals surface area contributed by atoms with Crippen LogP contribution >= 0.6 is 11.8 Å². The smallest absolute Gasteiger partial charge is 0.220 e. The molecule has 1 saturated carbocycles. The third-order valence-electron chi connectivity index (χ3n) is 3.31. The molecule has 1 aliphatic rings. The number of carbonyl (C=O) groups is 1. The molecular weight excluding hydrogens is 265 g/mol. The van der Waals surface area contributed by atoms with E-state index in [9.17, 15) is 14.3 Å². The van der Waals surface area contributed by atoms with Gasteiger partial charge in [0.25, 0.3) is 0 Å². The van der Waals surface area contributed by atoms with Gasteiger partial charge < -0.3 is 10.4 Å².